The molecule has 5 nitrogen and oxygen atoms in total. The van der Waals surface area contributed by atoms with E-state index in [1.807, 2.05) is 36.4 Å². The lowest BCUT2D eigenvalue weighted by Gasteiger charge is -2.18. The molecule has 0 spiro atoms. The highest BCUT2D eigenvalue weighted by Gasteiger charge is 2.21. The van der Waals surface area contributed by atoms with Gasteiger partial charge >= 0.3 is 5.97 Å². The Labute approximate surface area is 129 Å². The molecule has 0 fully saturated rings. The number of ether oxygens (including phenoxy) is 1. The monoisotopic (exact) mass is 298 g/mol. The Bertz CT molecular complexity index is 614. The van der Waals surface area contributed by atoms with Gasteiger partial charge in [0.25, 0.3) is 0 Å². The van der Waals surface area contributed by atoms with Crippen LogP contribution in [-0.2, 0) is 9.59 Å². The van der Waals surface area contributed by atoms with Crippen molar-refractivity contribution in [2.24, 2.45) is 5.73 Å². The molecule has 0 unspecified atom stereocenters. The Morgan fingerprint density at radius 3 is 2.18 bits per heavy atom. The fourth-order valence-corrected chi connectivity index (χ4v) is 1.95. The average Bonchev–Trinajstić information content (AvgIpc) is 2.53. The van der Waals surface area contributed by atoms with Crippen LogP contribution in [-0.4, -0.2) is 17.9 Å². The summed E-state index contributed by atoms with van der Waals surface area (Å²) < 4.78 is 5.33. The number of primary amides is 1. The topological polar surface area (TPSA) is 81.4 Å². The van der Waals surface area contributed by atoms with Crippen molar-refractivity contribution in [1.82, 2.24) is 0 Å². The Morgan fingerprint density at radius 1 is 1.00 bits per heavy atom. The van der Waals surface area contributed by atoms with Gasteiger partial charge in [-0.1, -0.05) is 36.4 Å². The molecule has 22 heavy (non-hydrogen) atoms. The number of hydrogen-bond acceptors (Lipinski definition) is 4. The zero-order valence-electron chi connectivity index (χ0n) is 12.1. The zero-order chi connectivity index (χ0) is 15.8. The number of carbonyl (C=O) groups excluding carboxylic acids is 2. The third-order valence-corrected chi connectivity index (χ3v) is 3.04. The molecule has 0 saturated heterocycles. The molecule has 1 atom stereocenters. The highest BCUT2D eigenvalue weighted by Crippen LogP contribution is 2.14. The average molecular weight is 298 g/mol. The van der Waals surface area contributed by atoms with Crippen molar-refractivity contribution in [3.05, 3.63) is 60.7 Å². The van der Waals surface area contributed by atoms with Crippen molar-refractivity contribution in [2.45, 2.75) is 18.9 Å². The molecular formula is C17H18N2O3. The first kappa shape index (κ1) is 15.6. The van der Waals surface area contributed by atoms with Crippen molar-refractivity contribution >= 4 is 17.6 Å². The zero-order valence-corrected chi connectivity index (χ0v) is 12.1. The van der Waals surface area contributed by atoms with Gasteiger partial charge in [-0.2, -0.15) is 0 Å². The maximum Gasteiger partial charge on any atom is 0.333 e. The van der Waals surface area contributed by atoms with Crippen LogP contribution in [0.2, 0.25) is 0 Å². The van der Waals surface area contributed by atoms with Crippen LogP contribution in [0.1, 0.15) is 12.8 Å². The van der Waals surface area contributed by atoms with Crippen molar-refractivity contribution in [1.29, 1.82) is 0 Å². The van der Waals surface area contributed by atoms with Gasteiger partial charge in [0, 0.05) is 12.1 Å². The lowest BCUT2D eigenvalue weighted by Crippen LogP contribution is -2.34. The predicted molar refractivity (Wildman–Crippen MR) is 84.4 cm³/mol. The number of benzene rings is 2. The van der Waals surface area contributed by atoms with E-state index in [-0.39, 0.29) is 12.8 Å². The summed E-state index contributed by atoms with van der Waals surface area (Å²) in [5.74, 6) is -0.435. The second kappa shape index (κ2) is 7.83. The van der Waals surface area contributed by atoms with Gasteiger partial charge in [0.15, 0.2) is 0 Å². The van der Waals surface area contributed by atoms with E-state index < -0.39 is 17.9 Å². The first-order chi connectivity index (χ1) is 10.6. The van der Waals surface area contributed by atoms with E-state index in [0.717, 1.165) is 5.69 Å². The van der Waals surface area contributed by atoms with Crippen molar-refractivity contribution in [2.75, 3.05) is 5.32 Å². The lowest BCUT2D eigenvalue weighted by molar-refractivity contribution is -0.135. The maximum atomic E-state index is 12.3. The van der Waals surface area contributed by atoms with E-state index in [4.69, 9.17) is 10.5 Å². The fourth-order valence-electron chi connectivity index (χ4n) is 1.95. The number of rotatable bonds is 7. The van der Waals surface area contributed by atoms with Crippen LogP contribution in [0.4, 0.5) is 5.69 Å². The summed E-state index contributed by atoms with van der Waals surface area (Å²) >= 11 is 0. The standard InChI is InChI=1S/C17H18N2O3/c18-16(20)12-11-15(19-13-7-3-1-4-8-13)17(21)22-14-9-5-2-6-10-14/h1-10,15,19H,11-12H2,(H2,18,20)/t15-/m0/s1. The number of esters is 1. The number of nitrogens with one attached hydrogen (secondary N) is 1. The minimum atomic E-state index is -0.643. The summed E-state index contributed by atoms with van der Waals surface area (Å²) in [6.07, 6.45) is 0.379. The lowest BCUT2D eigenvalue weighted by atomic mass is 10.1. The number of amides is 1. The van der Waals surface area contributed by atoms with Gasteiger partial charge in [0.05, 0.1) is 0 Å². The van der Waals surface area contributed by atoms with E-state index in [1.165, 1.54) is 0 Å². The minimum Gasteiger partial charge on any atom is -0.425 e. The summed E-state index contributed by atoms with van der Waals surface area (Å²) in [7, 11) is 0. The van der Waals surface area contributed by atoms with Gasteiger partial charge in [-0.3, -0.25) is 4.79 Å². The Morgan fingerprint density at radius 2 is 1.59 bits per heavy atom. The van der Waals surface area contributed by atoms with Crippen molar-refractivity contribution in [3.63, 3.8) is 0 Å². The van der Waals surface area contributed by atoms with Gasteiger partial charge in [0.2, 0.25) is 5.91 Å². The largest absolute Gasteiger partial charge is 0.425 e. The quantitative estimate of drug-likeness (QED) is 0.607. The molecule has 114 valence electrons. The third kappa shape index (κ3) is 4.94. The van der Waals surface area contributed by atoms with Gasteiger partial charge in [0.1, 0.15) is 11.8 Å². The van der Waals surface area contributed by atoms with Crippen molar-refractivity contribution in [3.8, 4) is 5.75 Å². The maximum absolute atomic E-state index is 12.3. The molecule has 3 N–H and O–H groups in total. The highest BCUT2D eigenvalue weighted by atomic mass is 16.5. The number of nitrogens with two attached hydrogens (primary N) is 1. The molecule has 0 saturated carbocycles. The normalized spacial score (nSPS) is 11.5. The molecule has 0 aliphatic carbocycles. The Hall–Kier alpha value is -2.82. The van der Waals surface area contributed by atoms with Gasteiger partial charge in [-0.25, -0.2) is 4.79 Å². The van der Waals surface area contributed by atoms with Crippen LogP contribution >= 0.6 is 0 Å². The number of para-hydroxylation sites is 2. The van der Waals surface area contributed by atoms with E-state index >= 15 is 0 Å². The SMILES string of the molecule is NC(=O)CC[C@H](Nc1ccccc1)C(=O)Oc1ccccc1. The van der Waals surface area contributed by atoms with Crippen LogP contribution < -0.4 is 15.8 Å². The molecule has 0 aliphatic rings. The highest BCUT2D eigenvalue weighted by molar-refractivity contribution is 5.82. The third-order valence-electron chi connectivity index (χ3n) is 3.04. The fraction of sp³-hybridized carbons (Fsp3) is 0.176. The molecule has 0 radical (unpaired) electrons. The number of anilines is 1. The van der Waals surface area contributed by atoms with Gasteiger partial charge < -0.3 is 15.8 Å². The van der Waals surface area contributed by atoms with E-state index in [1.54, 1.807) is 24.3 Å². The van der Waals surface area contributed by atoms with E-state index in [9.17, 15) is 9.59 Å². The second-order valence-corrected chi connectivity index (χ2v) is 4.80. The summed E-state index contributed by atoms with van der Waals surface area (Å²) in [6, 6.07) is 17.4. The summed E-state index contributed by atoms with van der Waals surface area (Å²) in [5, 5.41) is 3.07. The van der Waals surface area contributed by atoms with Crippen LogP contribution in [0, 0.1) is 0 Å². The van der Waals surface area contributed by atoms with Crippen LogP contribution in [0.5, 0.6) is 5.75 Å². The molecular weight excluding hydrogens is 280 g/mol. The van der Waals surface area contributed by atoms with E-state index in [2.05, 4.69) is 5.32 Å². The molecule has 0 heterocycles. The molecule has 0 aliphatic heterocycles. The minimum absolute atomic E-state index is 0.106. The van der Waals surface area contributed by atoms with Crippen LogP contribution in [0.15, 0.2) is 60.7 Å². The predicted octanol–water partition coefficient (Wildman–Crippen LogP) is 2.34. The first-order valence-electron chi connectivity index (χ1n) is 7.02. The molecule has 5 heteroatoms. The van der Waals surface area contributed by atoms with Crippen LogP contribution in [0.3, 0.4) is 0 Å². The molecule has 2 aromatic rings. The Balaban J connectivity index is 2.05. The summed E-state index contributed by atoms with van der Waals surface area (Å²) in [4.78, 5) is 23.3. The molecule has 0 aromatic heterocycles. The molecule has 2 aromatic carbocycles. The second-order valence-electron chi connectivity index (χ2n) is 4.80. The summed E-state index contributed by atoms with van der Waals surface area (Å²) in [6.45, 7) is 0. The number of carbonyl (C=O) groups is 2. The molecule has 0 bridgehead atoms. The number of hydrogen-bond donors (Lipinski definition) is 2. The summed E-state index contributed by atoms with van der Waals surface area (Å²) in [5.41, 5.74) is 5.95. The molecule has 2 rings (SSSR count). The van der Waals surface area contributed by atoms with E-state index in [0.29, 0.717) is 5.75 Å². The smallest absolute Gasteiger partial charge is 0.333 e. The van der Waals surface area contributed by atoms with Crippen LogP contribution in [0.25, 0.3) is 0 Å². The molecule has 1 amide bonds. The Kier molecular flexibility index (Phi) is 5.54. The first-order valence-corrected chi connectivity index (χ1v) is 7.02. The van der Waals surface area contributed by atoms with Gasteiger partial charge in [-0.05, 0) is 30.7 Å². The van der Waals surface area contributed by atoms with Crippen molar-refractivity contribution < 1.29 is 14.3 Å². The van der Waals surface area contributed by atoms with Gasteiger partial charge in [-0.15, -0.1) is 0 Å².